The summed E-state index contributed by atoms with van der Waals surface area (Å²) in [6, 6.07) is 7.92. The van der Waals surface area contributed by atoms with Crippen LogP contribution in [-0.2, 0) is 0 Å². The van der Waals surface area contributed by atoms with E-state index in [-0.39, 0.29) is 0 Å². The molecule has 88 valence electrons. The molecule has 0 fully saturated rings. The molecular weight excluding hydrogens is 324 g/mol. The van der Waals surface area contributed by atoms with Crippen LogP contribution >= 0.6 is 39.3 Å². The van der Waals surface area contributed by atoms with Crippen molar-refractivity contribution in [2.75, 3.05) is 7.11 Å². The second-order valence-electron chi connectivity index (χ2n) is 3.06. The highest BCUT2D eigenvalue weighted by Gasteiger charge is 2.11. The lowest BCUT2D eigenvalue weighted by molar-refractivity contribution is 0.398. The zero-order chi connectivity index (χ0) is 12.3. The van der Waals surface area contributed by atoms with Gasteiger partial charge in [0, 0.05) is 9.37 Å². The monoisotopic (exact) mass is 330 g/mol. The number of benzene rings is 1. The third kappa shape index (κ3) is 3.12. The summed E-state index contributed by atoms with van der Waals surface area (Å²) in [4.78, 5) is 9.09. The van der Waals surface area contributed by atoms with Crippen molar-refractivity contribution in [1.29, 1.82) is 0 Å². The van der Waals surface area contributed by atoms with E-state index in [0.717, 1.165) is 9.37 Å². The maximum absolute atomic E-state index is 5.93. The lowest BCUT2D eigenvalue weighted by Crippen LogP contribution is -1.92. The molecule has 0 bridgehead atoms. The minimum absolute atomic E-state index is 0.319. The lowest BCUT2D eigenvalue weighted by atomic mass is 10.4. The maximum Gasteiger partial charge on any atom is 0.188 e. The van der Waals surface area contributed by atoms with Crippen molar-refractivity contribution in [3.05, 3.63) is 40.2 Å². The zero-order valence-electron chi connectivity index (χ0n) is 8.85. The van der Waals surface area contributed by atoms with Gasteiger partial charge in [-0.2, -0.15) is 0 Å². The molecule has 0 aliphatic rings. The number of hydrogen-bond acceptors (Lipinski definition) is 4. The van der Waals surface area contributed by atoms with Crippen molar-refractivity contribution in [1.82, 2.24) is 9.97 Å². The van der Waals surface area contributed by atoms with Gasteiger partial charge in [0.05, 0.1) is 7.11 Å². The van der Waals surface area contributed by atoms with Gasteiger partial charge < -0.3 is 4.74 Å². The average Bonchev–Trinajstić information content (AvgIpc) is 2.29. The van der Waals surface area contributed by atoms with Crippen LogP contribution in [0, 0.1) is 0 Å². The highest BCUT2D eigenvalue weighted by atomic mass is 79.9. The van der Waals surface area contributed by atoms with Gasteiger partial charge >= 0.3 is 0 Å². The molecule has 0 spiro atoms. The normalized spacial score (nSPS) is 10.3. The van der Waals surface area contributed by atoms with Crippen LogP contribution in [0.3, 0.4) is 0 Å². The molecule has 6 heteroatoms. The summed E-state index contributed by atoms with van der Waals surface area (Å²) < 4.78 is 6.20. The van der Waals surface area contributed by atoms with Gasteiger partial charge in [-0.3, -0.25) is 0 Å². The van der Waals surface area contributed by atoms with Crippen molar-refractivity contribution in [3.8, 4) is 5.75 Å². The standard InChI is InChI=1S/C11H8BrClN2OS/c1-16-9-10(13)14-6-15-11(9)17-8-4-2-3-7(12)5-8/h2-6H,1H3. The van der Waals surface area contributed by atoms with Crippen molar-refractivity contribution in [2.45, 2.75) is 9.92 Å². The van der Waals surface area contributed by atoms with Gasteiger partial charge in [-0.15, -0.1) is 0 Å². The second-order valence-corrected chi connectivity index (χ2v) is 5.40. The summed E-state index contributed by atoms with van der Waals surface area (Å²) in [6.45, 7) is 0. The summed E-state index contributed by atoms with van der Waals surface area (Å²) in [6.07, 6.45) is 1.42. The topological polar surface area (TPSA) is 35.0 Å². The molecule has 17 heavy (non-hydrogen) atoms. The lowest BCUT2D eigenvalue weighted by Gasteiger charge is -2.07. The van der Waals surface area contributed by atoms with E-state index < -0.39 is 0 Å². The molecule has 2 rings (SSSR count). The highest BCUT2D eigenvalue weighted by Crippen LogP contribution is 2.36. The van der Waals surface area contributed by atoms with Gasteiger partial charge in [-0.05, 0) is 18.2 Å². The first-order valence-electron chi connectivity index (χ1n) is 4.68. The summed E-state index contributed by atoms with van der Waals surface area (Å²) >= 11 is 10.8. The molecule has 0 saturated carbocycles. The Morgan fingerprint density at radius 2 is 2.18 bits per heavy atom. The Kier molecular flexibility index (Phi) is 4.25. The Morgan fingerprint density at radius 1 is 1.35 bits per heavy atom. The van der Waals surface area contributed by atoms with Gasteiger partial charge in [-0.25, -0.2) is 9.97 Å². The molecule has 0 radical (unpaired) electrons. The quantitative estimate of drug-likeness (QED) is 0.795. The van der Waals surface area contributed by atoms with E-state index in [1.807, 2.05) is 24.3 Å². The van der Waals surface area contributed by atoms with E-state index in [2.05, 4.69) is 25.9 Å². The molecule has 0 unspecified atom stereocenters. The number of halogens is 2. The molecule has 3 nitrogen and oxygen atoms in total. The molecule has 0 N–H and O–H groups in total. The molecule has 0 aliphatic carbocycles. The van der Waals surface area contributed by atoms with Crippen molar-refractivity contribution in [2.24, 2.45) is 0 Å². The van der Waals surface area contributed by atoms with Crippen LogP contribution in [0.15, 0.2) is 45.0 Å². The van der Waals surface area contributed by atoms with Crippen molar-refractivity contribution in [3.63, 3.8) is 0 Å². The van der Waals surface area contributed by atoms with Gasteiger partial charge in [0.15, 0.2) is 10.9 Å². The number of hydrogen-bond donors (Lipinski definition) is 0. The van der Waals surface area contributed by atoms with E-state index >= 15 is 0 Å². The van der Waals surface area contributed by atoms with Gasteiger partial charge in [-0.1, -0.05) is 45.4 Å². The Balaban J connectivity index is 2.33. The average molecular weight is 332 g/mol. The number of rotatable bonds is 3. The SMILES string of the molecule is COc1c(Cl)ncnc1Sc1cccc(Br)c1. The summed E-state index contributed by atoms with van der Waals surface area (Å²) in [7, 11) is 1.55. The van der Waals surface area contributed by atoms with E-state index in [1.165, 1.54) is 18.1 Å². The van der Waals surface area contributed by atoms with Crippen LogP contribution in [0.25, 0.3) is 0 Å². The molecule has 0 atom stereocenters. The van der Waals surface area contributed by atoms with Crippen molar-refractivity contribution >= 4 is 39.3 Å². The Labute approximate surface area is 117 Å². The molecular formula is C11H8BrClN2OS. The van der Waals surface area contributed by atoms with Gasteiger partial charge in [0.1, 0.15) is 11.4 Å². The van der Waals surface area contributed by atoms with Gasteiger partial charge in [0.2, 0.25) is 0 Å². The van der Waals surface area contributed by atoms with E-state index in [1.54, 1.807) is 7.11 Å². The smallest absolute Gasteiger partial charge is 0.188 e. The fraction of sp³-hybridized carbons (Fsp3) is 0.0909. The largest absolute Gasteiger partial charge is 0.491 e. The van der Waals surface area contributed by atoms with Crippen LogP contribution in [0.1, 0.15) is 0 Å². The Hall–Kier alpha value is -0.780. The number of nitrogens with zero attached hydrogens (tertiary/aromatic N) is 2. The summed E-state index contributed by atoms with van der Waals surface area (Å²) in [5.41, 5.74) is 0. The Bertz CT molecular complexity index is 539. The number of methoxy groups -OCH3 is 1. The van der Waals surface area contributed by atoms with E-state index in [4.69, 9.17) is 16.3 Å². The predicted octanol–water partition coefficient (Wildman–Crippen LogP) is 4.05. The minimum atomic E-state index is 0.319. The minimum Gasteiger partial charge on any atom is -0.491 e. The molecule has 1 heterocycles. The Morgan fingerprint density at radius 3 is 2.88 bits per heavy atom. The molecule has 0 saturated heterocycles. The summed E-state index contributed by atoms with van der Waals surface area (Å²) in [5, 5.41) is 1.02. The van der Waals surface area contributed by atoms with Crippen LogP contribution in [0.4, 0.5) is 0 Å². The molecule has 0 amide bonds. The molecule has 0 aliphatic heterocycles. The first-order chi connectivity index (χ1) is 8.20. The third-order valence-corrected chi connectivity index (χ3v) is 3.68. The number of ether oxygens (including phenoxy) is 1. The first kappa shape index (κ1) is 12.7. The maximum atomic E-state index is 5.93. The number of aromatic nitrogens is 2. The highest BCUT2D eigenvalue weighted by molar-refractivity contribution is 9.10. The van der Waals surface area contributed by atoms with Crippen LogP contribution < -0.4 is 4.74 Å². The van der Waals surface area contributed by atoms with E-state index in [0.29, 0.717) is 15.9 Å². The third-order valence-electron chi connectivity index (χ3n) is 1.94. The van der Waals surface area contributed by atoms with Crippen LogP contribution in [0.2, 0.25) is 5.15 Å². The molecule has 1 aromatic heterocycles. The molecule has 2 aromatic rings. The van der Waals surface area contributed by atoms with Crippen LogP contribution in [0.5, 0.6) is 5.75 Å². The first-order valence-corrected chi connectivity index (χ1v) is 6.67. The fourth-order valence-electron chi connectivity index (χ4n) is 1.22. The van der Waals surface area contributed by atoms with Crippen LogP contribution in [-0.4, -0.2) is 17.1 Å². The second kappa shape index (κ2) is 5.71. The van der Waals surface area contributed by atoms with Crippen molar-refractivity contribution < 1.29 is 4.74 Å². The summed E-state index contributed by atoms with van der Waals surface area (Å²) in [5.74, 6) is 0.499. The fourth-order valence-corrected chi connectivity index (χ4v) is 2.97. The molecule has 1 aromatic carbocycles. The zero-order valence-corrected chi connectivity index (χ0v) is 12.0. The van der Waals surface area contributed by atoms with Gasteiger partial charge in [0.25, 0.3) is 0 Å². The van der Waals surface area contributed by atoms with E-state index in [9.17, 15) is 0 Å². The predicted molar refractivity (Wildman–Crippen MR) is 71.9 cm³/mol.